The predicted octanol–water partition coefficient (Wildman–Crippen LogP) is 1.27. The standard InChI is InChI=1S/C12H18N2O2/c1-8-7-9(3-5-11(8)16-2)10(13)4-6-12(14)15/h3,5,7,10H,4,6,13H2,1-2H3,(H2,14,15). The monoisotopic (exact) mass is 222 g/mol. The van der Waals surface area contributed by atoms with Gasteiger partial charge in [0.05, 0.1) is 7.11 Å². The summed E-state index contributed by atoms with van der Waals surface area (Å²) in [4.78, 5) is 10.6. The Balaban J connectivity index is 2.72. The van der Waals surface area contributed by atoms with Crippen molar-refractivity contribution in [2.75, 3.05) is 7.11 Å². The van der Waals surface area contributed by atoms with E-state index < -0.39 is 0 Å². The summed E-state index contributed by atoms with van der Waals surface area (Å²) >= 11 is 0. The lowest BCUT2D eigenvalue weighted by Crippen LogP contribution is -2.16. The van der Waals surface area contributed by atoms with Gasteiger partial charge in [0.2, 0.25) is 5.91 Å². The van der Waals surface area contributed by atoms with Gasteiger partial charge in [-0.15, -0.1) is 0 Å². The van der Waals surface area contributed by atoms with E-state index in [0.717, 1.165) is 16.9 Å². The summed E-state index contributed by atoms with van der Waals surface area (Å²) in [5.74, 6) is 0.520. The summed E-state index contributed by atoms with van der Waals surface area (Å²) in [5.41, 5.74) is 13.1. The summed E-state index contributed by atoms with van der Waals surface area (Å²) in [6.07, 6.45) is 0.882. The molecule has 4 N–H and O–H groups in total. The molecule has 1 aromatic carbocycles. The molecule has 88 valence electrons. The van der Waals surface area contributed by atoms with E-state index in [1.807, 2.05) is 25.1 Å². The van der Waals surface area contributed by atoms with E-state index in [-0.39, 0.29) is 11.9 Å². The molecule has 4 heteroatoms. The third-order valence-electron chi connectivity index (χ3n) is 2.55. The van der Waals surface area contributed by atoms with Crippen LogP contribution in [0.4, 0.5) is 0 Å². The quantitative estimate of drug-likeness (QED) is 0.787. The first kappa shape index (κ1) is 12.5. The van der Waals surface area contributed by atoms with Crippen molar-refractivity contribution in [3.8, 4) is 5.75 Å². The Morgan fingerprint density at radius 1 is 1.50 bits per heavy atom. The van der Waals surface area contributed by atoms with Crippen LogP contribution in [0.3, 0.4) is 0 Å². The molecule has 1 aromatic rings. The van der Waals surface area contributed by atoms with Gasteiger partial charge in [-0.2, -0.15) is 0 Å². The van der Waals surface area contributed by atoms with Gasteiger partial charge in [-0.25, -0.2) is 0 Å². The lowest BCUT2D eigenvalue weighted by atomic mass is 10.0. The zero-order valence-electron chi connectivity index (χ0n) is 9.69. The summed E-state index contributed by atoms with van der Waals surface area (Å²) in [6, 6.07) is 5.62. The van der Waals surface area contributed by atoms with Crippen molar-refractivity contribution in [2.45, 2.75) is 25.8 Å². The van der Waals surface area contributed by atoms with E-state index in [4.69, 9.17) is 16.2 Å². The topological polar surface area (TPSA) is 78.3 Å². The molecular formula is C12H18N2O2. The fourth-order valence-corrected chi connectivity index (χ4v) is 1.60. The lowest BCUT2D eigenvalue weighted by Gasteiger charge is -2.13. The molecular weight excluding hydrogens is 204 g/mol. The Morgan fingerprint density at radius 2 is 2.19 bits per heavy atom. The van der Waals surface area contributed by atoms with Crippen LogP contribution in [0.25, 0.3) is 0 Å². The third-order valence-corrected chi connectivity index (χ3v) is 2.55. The molecule has 0 radical (unpaired) electrons. The Labute approximate surface area is 95.6 Å². The number of hydrogen-bond donors (Lipinski definition) is 2. The zero-order chi connectivity index (χ0) is 12.1. The molecule has 1 rings (SSSR count). The number of nitrogens with two attached hydrogens (primary N) is 2. The minimum atomic E-state index is -0.319. The lowest BCUT2D eigenvalue weighted by molar-refractivity contribution is -0.118. The normalized spacial score (nSPS) is 12.2. The molecule has 1 amide bonds. The van der Waals surface area contributed by atoms with Gasteiger partial charge in [-0.05, 0) is 30.5 Å². The van der Waals surface area contributed by atoms with Gasteiger partial charge in [0.25, 0.3) is 0 Å². The van der Waals surface area contributed by atoms with Gasteiger partial charge in [-0.1, -0.05) is 12.1 Å². The van der Waals surface area contributed by atoms with Gasteiger partial charge in [0.1, 0.15) is 5.75 Å². The van der Waals surface area contributed by atoms with Crippen LogP contribution in [-0.2, 0) is 4.79 Å². The van der Waals surface area contributed by atoms with E-state index in [0.29, 0.717) is 12.8 Å². The summed E-state index contributed by atoms with van der Waals surface area (Å²) in [6.45, 7) is 1.96. The highest BCUT2D eigenvalue weighted by molar-refractivity contribution is 5.73. The largest absolute Gasteiger partial charge is 0.496 e. The molecule has 16 heavy (non-hydrogen) atoms. The number of carbonyl (C=O) groups is 1. The molecule has 0 aliphatic rings. The number of aryl methyl sites for hydroxylation is 1. The number of benzene rings is 1. The van der Waals surface area contributed by atoms with Gasteiger partial charge >= 0.3 is 0 Å². The van der Waals surface area contributed by atoms with E-state index in [9.17, 15) is 4.79 Å². The maximum absolute atomic E-state index is 10.6. The molecule has 0 saturated carbocycles. The highest BCUT2D eigenvalue weighted by Crippen LogP contribution is 2.23. The maximum Gasteiger partial charge on any atom is 0.217 e. The van der Waals surface area contributed by atoms with Crippen LogP contribution in [0.2, 0.25) is 0 Å². The second kappa shape index (κ2) is 5.51. The summed E-state index contributed by atoms with van der Waals surface area (Å²) < 4.78 is 5.16. The summed E-state index contributed by atoms with van der Waals surface area (Å²) in [7, 11) is 1.63. The predicted molar refractivity (Wildman–Crippen MR) is 63.1 cm³/mol. The number of hydrogen-bond acceptors (Lipinski definition) is 3. The average molecular weight is 222 g/mol. The molecule has 0 aliphatic heterocycles. The van der Waals surface area contributed by atoms with E-state index in [1.165, 1.54) is 0 Å². The minimum Gasteiger partial charge on any atom is -0.496 e. The van der Waals surface area contributed by atoms with E-state index in [1.54, 1.807) is 7.11 Å². The van der Waals surface area contributed by atoms with Crippen molar-refractivity contribution in [1.82, 2.24) is 0 Å². The molecule has 1 atom stereocenters. The van der Waals surface area contributed by atoms with Crippen molar-refractivity contribution in [3.63, 3.8) is 0 Å². The minimum absolute atomic E-state index is 0.155. The highest BCUT2D eigenvalue weighted by Gasteiger charge is 2.09. The SMILES string of the molecule is COc1ccc(C(N)CCC(N)=O)cc1C. The van der Waals surface area contributed by atoms with Gasteiger partial charge in [0.15, 0.2) is 0 Å². The second-order valence-electron chi connectivity index (χ2n) is 3.84. The smallest absolute Gasteiger partial charge is 0.217 e. The second-order valence-corrected chi connectivity index (χ2v) is 3.84. The van der Waals surface area contributed by atoms with Crippen LogP contribution in [-0.4, -0.2) is 13.0 Å². The van der Waals surface area contributed by atoms with Crippen molar-refractivity contribution in [2.24, 2.45) is 11.5 Å². The first-order valence-corrected chi connectivity index (χ1v) is 5.23. The Bertz CT molecular complexity index is 377. The fourth-order valence-electron chi connectivity index (χ4n) is 1.60. The Morgan fingerprint density at radius 3 is 2.69 bits per heavy atom. The number of ether oxygens (including phenoxy) is 1. The Kier molecular flexibility index (Phi) is 4.31. The van der Waals surface area contributed by atoms with Crippen molar-refractivity contribution < 1.29 is 9.53 Å². The molecule has 0 saturated heterocycles. The van der Waals surface area contributed by atoms with Crippen LogP contribution in [0.5, 0.6) is 5.75 Å². The maximum atomic E-state index is 10.6. The van der Waals surface area contributed by atoms with E-state index >= 15 is 0 Å². The molecule has 0 aromatic heterocycles. The number of methoxy groups -OCH3 is 1. The Hall–Kier alpha value is -1.55. The van der Waals surface area contributed by atoms with Gasteiger partial charge in [0, 0.05) is 12.5 Å². The van der Waals surface area contributed by atoms with Crippen molar-refractivity contribution >= 4 is 5.91 Å². The number of rotatable bonds is 5. The number of amides is 1. The first-order chi connectivity index (χ1) is 7.54. The number of carbonyl (C=O) groups excluding carboxylic acids is 1. The van der Waals surface area contributed by atoms with Crippen molar-refractivity contribution in [3.05, 3.63) is 29.3 Å². The molecule has 0 spiro atoms. The van der Waals surface area contributed by atoms with Gasteiger partial charge < -0.3 is 16.2 Å². The molecule has 0 fully saturated rings. The van der Waals surface area contributed by atoms with Crippen LogP contribution in [0.1, 0.15) is 30.0 Å². The van der Waals surface area contributed by atoms with Crippen LogP contribution in [0, 0.1) is 6.92 Å². The highest BCUT2D eigenvalue weighted by atomic mass is 16.5. The van der Waals surface area contributed by atoms with Gasteiger partial charge in [-0.3, -0.25) is 4.79 Å². The average Bonchev–Trinajstić information content (AvgIpc) is 2.25. The zero-order valence-corrected chi connectivity index (χ0v) is 9.69. The number of primary amides is 1. The molecule has 0 aliphatic carbocycles. The third kappa shape index (κ3) is 3.24. The van der Waals surface area contributed by atoms with Crippen LogP contribution >= 0.6 is 0 Å². The molecule has 4 nitrogen and oxygen atoms in total. The molecule has 1 unspecified atom stereocenters. The molecule has 0 bridgehead atoms. The van der Waals surface area contributed by atoms with Crippen molar-refractivity contribution in [1.29, 1.82) is 0 Å². The fraction of sp³-hybridized carbons (Fsp3) is 0.417. The summed E-state index contributed by atoms with van der Waals surface area (Å²) in [5, 5.41) is 0. The van der Waals surface area contributed by atoms with Crippen LogP contribution in [0.15, 0.2) is 18.2 Å². The first-order valence-electron chi connectivity index (χ1n) is 5.23. The van der Waals surface area contributed by atoms with Crippen LogP contribution < -0.4 is 16.2 Å². The van der Waals surface area contributed by atoms with E-state index in [2.05, 4.69) is 0 Å². The molecule has 0 heterocycles.